The Balaban J connectivity index is 1.93. The summed E-state index contributed by atoms with van der Waals surface area (Å²) in [7, 11) is 6.17. The number of esters is 1. The lowest BCUT2D eigenvalue weighted by Crippen LogP contribution is -2.40. The number of carbonyl (C=O) groups is 1. The molecule has 0 radical (unpaired) electrons. The highest BCUT2D eigenvalue weighted by molar-refractivity contribution is 7.07. The number of thiazole rings is 1. The summed E-state index contributed by atoms with van der Waals surface area (Å²) in [6.07, 6.45) is 1.41. The highest BCUT2D eigenvalue weighted by Crippen LogP contribution is 2.38. The van der Waals surface area contributed by atoms with Crippen LogP contribution in [0.2, 0.25) is 0 Å². The van der Waals surface area contributed by atoms with Gasteiger partial charge in [-0.2, -0.15) is 0 Å². The van der Waals surface area contributed by atoms with Crippen molar-refractivity contribution in [1.82, 2.24) is 4.57 Å². The van der Waals surface area contributed by atoms with E-state index in [4.69, 9.17) is 23.7 Å². The minimum Gasteiger partial charge on any atom is -0.497 e. The number of aromatic nitrogens is 1. The normalized spacial score (nSPS) is 15.2. The van der Waals surface area contributed by atoms with E-state index in [2.05, 4.69) is 4.99 Å². The maximum Gasteiger partial charge on any atom is 0.338 e. The van der Waals surface area contributed by atoms with Gasteiger partial charge >= 0.3 is 5.97 Å². The molecule has 1 aromatic heterocycles. The van der Waals surface area contributed by atoms with Crippen molar-refractivity contribution >= 4 is 23.4 Å². The molecule has 0 aliphatic carbocycles. The third-order valence-electron chi connectivity index (χ3n) is 6.00. The average Bonchev–Trinajstić information content (AvgIpc) is 3.20. The fourth-order valence-corrected chi connectivity index (χ4v) is 5.34. The van der Waals surface area contributed by atoms with Crippen LogP contribution in [0.15, 0.2) is 57.5 Å². The fourth-order valence-electron chi connectivity index (χ4n) is 4.30. The number of methoxy groups -OCH3 is 4. The molecule has 10 heteroatoms. The van der Waals surface area contributed by atoms with Gasteiger partial charge in [-0.05, 0) is 62.2 Å². The van der Waals surface area contributed by atoms with Gasteiger partial charge in [0.2, 0.25) is 5.75 Å². The molecular weight excluding hydrogens is 508 g/mol. The standard InChI is InChI=1S/C28H30N2O7S/c1-15(2)37-27(32)23-16(3)29-28-30(24(23)18-8-10-19(33-4)11-9-18)26(31)22(38-28)14-17-12-20(34-5)25(36-7)21(13-17)35-6/h8-15,24H,1-7H3/b22-14-/t24-/m1/s1. The zero-order valence-corrected chi connectivity index (χ0v) is 23.2. The van der Waals surface area contributed by atoms with Crippen LogP contribution in [-0.4, -0.2) is 45.1 Å². The first-order valence-electron chi connectivity index (χ1n) is 11.9. The molecule has 0 saturated heterocycles. The van der Waals surface area contributed by atoms with Crippen molar-refractivity contribution < 1.29 is 28.5 Å². The van der Waals surface area contributed by atoms with E-state index in [0.717, 1.165) is 5.56 Å². The highest BCUT2D eigenvalue weighted by atomic mass is 32.1. The molecule has 3 aromatic rings. The van der Waals surface area contributed by atoms with E-state index in [1.54, 1.807) is 62.8 Å². The molecule has 1 atom stereocenters. The first-order chi connectivity index (χ1) is 18.2. The minimum atomic E-state index is -0.717. The Kier molecular flexibility index (Phi) is 7.91. The van der Waals surface area contributed by atoms with Gasteiger partial charge in [0, 0.05) is 0 Å². The summed E-state index contributed by atoms with van der Waals surface area (Å²) in [6.45, 7) is 5.31. The van der Waals surface area contributed by atoms with Crippen molar-refractivity contribution in [3.05, 3.63) is 78.5 Å². The number of benzene rings is 2. The molecule has 0 unspecified atom stereocenters. The third-order valence-corrected chi connectivity index (χ3v) is 6.98. The SMILES string of the molecule is COc1ccc([C@@H]2C(C(=O)OC(C)C)=C(C)N=c3s/c(=C\c4cc(OC)c(OC)c(OC)c4)c(=O)n32)cc1. The largest absolute Gasteiger partial charge is 0.497 e. The predicted octanol–water partition coefficient (Wildman–Crippen LogP) is 3.22. The topological polar surface area (TPSA) is 97.6 Å². The molecule has 0 saturated carbocycles. The Hall–Kier alpha value is -4.05. The van der Waals surface area contributed by atoms with Crippen molar-refractivity contribution in [1.29, 1.82) is 0 Å². The monoisotopic (exact) mass is 538 g/mol. The van der Waals surface area contributed by atoms with Crippen molar-refractivity contribution in [2.45, 2.75) is 32.9 Å². The quantitative estimate of drug-likeness (QED) is 0.406. The lowest BCUT2D eigenvalue weighted by atomic mass is 9.96. The predicted molar refractivity (Wildman–Crippen MR) is 144 cm³/mol. The number of hydrogen-bond donors (Lipinski definition) is 0. The number of fused-ring (bicyclic) bond motifs is 1. The zero-order valence-electron chi connectivity index (χ0n) is 22.4. The van der Waals surface area contributed by atoms with E-state index in [9.17, 15) is 9.59 Å². The molecule has 2 aromatic carbocycles. The fraction of sp³-hybridized carbons (Fsp3) is 0.321. The van der Waals surface area contributed by atoms with Gasteiger partial charge in [0.1, 0.15) is 5.75 Å². The third kappa shape index (κ3) is 5.04. The van der Waals surface area contributed by atoms with Gasteiger partial charge in [0.05, 0.1) is 56.4 Å². The van der Waals surface area contributed by atoms with Gasteiger partial charge in [-0.25, -0.2) is 9.79 Å². The molecule has 4 rings (SSSR count). The summed E-state index contributed by atoms with van der Waals surface area (Å²) in [5.74, 6) is 1.54. The molecule has 38 heavy (non-hydrogen) atoms. The van der Waals surface area contributed by atoms with Crippen LogP contribution in [0.25, 0.3) is 6.08 Å². The Morgan fingerprint density at radius 2 is 1.63 bits per heavy atom. The van der Waals surface area contributed by atoms with Gasteiger partial charge in [-0.1, -0.05) is 23.5 Å². The highest BCUT2D eigenvalue weighted by Gasteiger charge is 2.33. The number of rotatable bonds is 8. The zero-order chi connectivity index (χ0) is 27.6. The van der Waals surface area contributed by atoms with Crippen molar-refractivity contribution in [2.75, 3.05) is 28.4 Å². The lowest BCUT2D eigenvalue weighted by molar-refractivity contribution is -0.143. The van der Waals surface area contributed by atoms with Crippen LogP contribution in [0.5, 0.6) is 23.0 Å². The maximum absolute atomic E-state index is 13.8. The molecule has 200 valence electrons. The number of allylic oxidation sites excluding steroid dienone is 1. The van der Waals surface area contributed by atoms with Gasteiger partial charge in [0.15, 0.2) is 16.3 Å². The Bertz CT molecular complexity index is 1540. The number of hydrogen-bond acceptors (Lipinski definition) is 9. The summed E-state index contributed by atoms with van der Waals surface area (Å²) in [5.41, 5.74) is 1.94. The molecule has 0 spiro atoms. The summed E-state index contributed by atoms with van der Waals surface area (Å²) < 4.78 is 29.1. The number of carbonyl (C=O) groups excluding carboxylic acids is 1. The van der Waals surface area contributed by atoms with Crippen LogP contribution in [0, 0.1) is 0 Å². The van der Waals surface area contributed by atoms with Gasteiger partial charge in [-0.15, -0.1) is 0 Å². The van der Waals surface area contributed by atoms with Crippen LogP contribution in [0.3, 0.4) is 0 Å². The molecule has 0 amide bonds. The number of nitrogens with zero attached hydrogens (tertiary/aromatic N) is 2. The van der Waals surface area contributed by atoms with E-state index in [1.165, 1.54) is 32.7 Å². The van der Waals surface area contributed by atoms with Crippen LogP contribution < -0.4 is 33.8 Å². The van der Waals surface area contributed by atoms with Crippen LogP contribution in [0.4, 0.5) is 0 Å². The van der Waals surface area contributed by atoms with Crippen LogP contribution in [-0.2, 0) is 9.53 Å². The molecule has 0 N–H and O–H groups in total. The van der Waals surface area contributed by atoms with E-state index in [-0.39, 0.29) is 11.7 Å². The molecular formula is C28H30N2O7S. The molecule has 0 bridgehead atoms. The van der Waals surface area contributed by atoms with E-state index < -0.39 is 12.0 Å². The van der Waals surface area contributed by atoms with Gasteiger partial charge in [-0.3, -0.25) is 9.36 Å². The van der Waals surface area contributed by atoms with E-state index in [0.29, 0.717) is 49.2 Å². The number of ether oxygens (including phenoxy) is 5. The molecule has 1 aliphatic rings. The second-order valence-electron chi connectivity index (χ2n) is 8.77. The van der Waals surface area contributed by atoms with Crippen LogP contribution in [0.1, 0.15) is 37.9 Å². The Morgan fingerprint density at radius 1 is 1.00 bits per heavy atom. The second-order valence-corrected chi connectivity index (χ2v) is 9.78. The van der Waals surface area contributed by atoms with Crippen molar-refractivity contribution in [3.63, 3.8) is 0 Å². The Morgan fingerprint density at radius 3 is 2.16 bits per heavy atom. The molecule has 2 heterocycles. The van der Waals surface area contributed by atoms with Crippen molar-refractivity contribution in [3.8, 4) is 23.0 Å². The summed E-state index contributed by atoms with van der Waals surface area (Å²) in [4.78, 5) is 32.2. The van der Waals surface area contributed by atoms with Gasteiger partial charge in [0.25, 0.3) is 5.56 Å². The molecule has 1 aliphatic heterocycles. The summed E-state index contributed by atoms with van der Waals surface area (Å²) in [6, 6.07) is 10.1. The van der Waals surface area contributed by atoms with E-state index in [1.807, 2.05) is 12.1 Å². The van der Waals surface area contributed by atoms with E-state index >= 15 is 0 Å². The Labute approximate surface area is 224 Å². The minimum absolute atomic E-state index is 0.286. The summed E-state index contributed by atoms with van der Waals surface area (Å²) in [5, 5.41) is 0. The smallest absolute Gasteiger partial charge is 0.338 e. The average molecular weight is 539 g/mol. The first kappa shape index (κ1) is 27.0. The molecule has 0 fully saturated rings. The molecule has 9 nitrogen and oxygen atoms in total. The second kappa shape index (κ2) is 11.1. The first-order valence-corrected chi connectivity index (χ1v) is 12.7. The van der Waals surface area contributed by atoms with Crippen molar-refractivity contribution in [2.24, 2.45) is 4.99 Å². The maximum atomic E-state index is 13.8. The van der Waals surface area contributed by atoms with Gasteiger partial charge < -0.3 is 23.7 Å². The van der Waals surface area contributed by atoms with Crippen LogP contribution >= 0.6 is 11.3 Å². The summed E-state index contributed by atoms with van der Waals surface area (Å²) >= 11 is 1.24. The lowest BCUT2D eigenvalue weighted by Gasteiger charge is -2.25.